The van der Waals surface area contributed by atoms with Gasteiger partial charge in [-0.1, -0.05) is 36.4 Å². The number of hydrogen-bond acceptors (Lipinski definition) is 5. The quantitative estimate of drug-likeness (QED) is 0.270. The van der Waals surface area contributed by atoms with E-state index in [1.165, 1.54) is 0 Å². The first-order valence-corrected chi connectivity index (χ1v) is 12.8. The molecule has 0 bridgehead atoms. The van der Waals surface area contributed by atoms with E-state index in [9.17, 15) is 9.90 Å². The maximum Gasteiger partial charge on any atom is 0.336 e. The largest absolute Gasteiger partial charge is 0.493 e. The number of rotatable bonds is 6. The molecule has 0 unspecified atom stereocenters. The minimum Gasteiger partial charge on any atom is -0.493 e. The average molecular weight is 518 g/mol. The second kappa shape index (κ2) is 10.1. The lowest BCUT2D eigenvalue weighted by molar-refractivity contribution is 0.0697. The molecule has 0 aliphatic heterocycles. The molecule has 0 amide bonds. The van der Waals surface area contributed by atoms with Crippen LogP contribution in [0.25, 0.3) is 39.5 Å². The van der Waals surface area contributed by atoms with Gasteiger partial charge >= 0.3 is 5.97 Å². The van der Waals surface area contributed by atoms with Gasteiger partial charge < -0.3 is 14.6 Å². The van der Waals surface area contributed by atoms with Crippen molar-refractivity contribution < 1.29 is 19.4 Å². The summed E-state index contributed by atoms with van der Waals surface area (Å²) in [5, 5.41) is 15.8. The fourth-order valence-electron chi connectivity index (χ4n) is 5.32. The number of para-hydroxylation sites is 2. The number of benzene rings is 3. The molecule has 3 aromatic carbocycles. The Balaban J connectivity index is 1.56. The van der Waals surface area contributed by atoms with Gasteiger partial charge in [-0.25, -0.2) is 14.5 Å². The molecule has 7 heteroatoms. The number of carboxylic acids is 1. The highest BCUT2D eigenvalue weighted by Crippen LogP contribution is 2.39. The first kappa shape index (κ1) is 24.4. The number of pyridine rings is 1. The summed E-state index contributed by atoms with van der Waals surface area (Å²) >= 11 is 0. The van der Waals surface area contributed by atoms with Crippen LogP contribution in [0.3, 0.4) is 0 Å². The van der Waals surface area contributed by atoms with E-state index in [4.69, 9.17) is 19.6 Å². The summed E-state index contributed by atoms with van der Waals surface area (Å²) < 4.78 is 12.9. The molecule has 6 rings (SSSR count). The highest BCUT2D eigenvalue weighted by atomic mass is 16.5. The van der Waals surface area contributed by atoms with Gasteiger partial charge in [0, 0.05) is 22.7 Å². The predicted octanol–water partition coefficient (Wildman–Crippen LogP) is 6.68. The Morgan fingerprint density at radius 1 is 0.923 bits per heavy atom. The van der Waals surface area contributed by atoms with Gasteiger partial charge in [0.2, 0.25) is 0 Å². The topological polar surface area (TPSA) is 86.5 Å². The Morgan fingerprint density at radius 3 is 2.46 bits per heavy atom. The number of methoxy groups -OCH3 is 2. The lowest BCUT2D eigenvalue weighted by Gasteiger charge is -2.21. The Bertz CT molecular complexity index is 1740. The molecule has 1 aliphatic carbocycles. The van der Waals surface area contributed by atoms with Crippen molar-refractivity contribution in [1.29, 1.82) is 0 Å². The molecule has 2 heterocycles. The first-order valence-electron chi connectivity index (χ1n) is 12.8. The van der Waals surface area contributed by atoms with Crippen LogP contribution in [0.1, 0.15) is 40.0 Å². The summed E-state index contributed by atoms with van der Waals surface area (Å²) in [7, 11) is 3.22. The minimum atomic E-state index is -0.922. The second-order valence-electron chi connectivity index (χ2n) is 9.44. The Hall–Kier alpha value is -4.91. The van der Waals surface area contributed by atoms with Gasteiger partial charge in [-0.2, -0.15) is 5.10 Å². The monoisotopic (exact) mass is 517 g/mol. The van der Waals surface area contributed by atoms with Crippen LogP contribution in [-0.4, -0.2) is 40.1 Å². The third-order valence-electron chi connectivity index (χ3n) is 7.13. The van der Waals surface area contributed by atoms with E-state index in [2.05, 4.69) is 6.08 Å². The van der Waals surface area contributed by atoms with E-state index in [1.54, 1.807) is 14.2 Å². The Morgan fingerprint density at radius 2 is 1.69 bits per heavy atom. The number of ether oxygens (including phenoxy) is 2. The molecule has 0 radical (unpaired) electrons. The molecule has 0 saturated carbocycles. The molecule has 0 atom stereocenters. The summed E-state index contributed by atoms with van der Waals surface area (Å²) in [5.41, 5.74) is 7.07. The number of nitrogens with zero attached hydrogens (tertiary/aromatic N) is 3. The number of allylic oxidation sites excluding steroid dienone is 1. The van der Waals surface area contributed by atoms with Crippen molar-refractivity contribution in [3.63, 3.8) is 0 Å². The van der Waals surface area contributed by atoms with Crippen LogP contribution in [0.4, 0.5) is 0 Å². The summed E-state index contributed by atoms with van der Waals surface area (Å²) in [6.45, 7) is 0. The molecular weight excluding hydrogens is 490 g/mol. The van der Waals surface area contributed by atoms with Crippen molar-refractivity contribution in [2.24, 2.45) is 0 Å². The van der Waals surface area contributed by atoms with E-state index < -0.39 is 5.97 Å². The van der Waals surface area contributed by atoms with Crippen LogP contribution in [0.15, 0.2) is 79.0 Å². The van der Waals surface area contributed by atoms with E-state index in [0.29, 0.717) is 34.4 Å². The van der Waals surface area contributed by atoms with E-state index in [0.717, 1.165) is 52.2 Å². The normalized spacial score (nSPS) is 13.8. The highest BCUT2D eigenvalue weighted by Gasteiger charge is 2.25. The SMILES string of the molecule is COc1ccc(-c2nn(-c3ccccc3)cc2/C=C2/CCCc3c2nc2ccccc2c3C(=O)O)cc1OC. The van der Waals surface area contributed by atoms with E-state index >= 15 is 0 Å². The molecule has 2 aromatic heterocycles. The molecule has 0 saturated heterocycles. The molecular formula is C32H27N3O4. The molecule has 1 aliphatic rings. The first-order chi connectivity index (χ1) is 19.1. The molecule has 0 spiro atoms. The van der Waals surface area contributed by atoms with Gasteiger partial charge in [-0.05, 0) is 72.9 Å². The fraction of sp³-hybridized carbons (Fsp3) is 0.156. The number of hydrogen-bond donors (Lipinski definition) is 1. The van der Waals surface area contributed by atoms with Crippen LogP contribution in [-0.2, 0) is 6.42 Å². The van der Waals surface area contributed by atoms with Crippen molar-refractivity contribution >= 4 is 28.5 Å². The van der Waals surface area contributed by atoms with Gasteiger partial charge in [0.1, 0.15) is 5.69 Å². The number of aromatic nitrogens is 3. The van der Waals surface area contributed by atoms with Crippen LogP contribution >= 0.6 is 0 Å². The zero-order valence-electron chi connectivity index (χ0n) is 21.7. The predicted molar refractivity (Wildman–Crippen MR) is 152 cm³/mol. The van der Waals surface area contributed by atoms with Gasteiger partial charge in [0.25, 0.3) is 0 Å². The summed E-state index contributed by atoms with van der Waals surface area (Å²) in [6.07, 6.45) is 6.42. The molecule has 194 valence electrons. The third-order valence-corrected chi connectivity index (χ3v) is 7.13. The number of carbonyl (C=O) groups is 1. The molecule has 39 heavy (non-hydrogen) atoms. The zero-order chi connectivity index (χ0) is 26.9. The van der Waals surface area contributed by atoms with Gasteiger partial charge in [0.15, 0.2) is 11.5 Å². The summed E-state index contributed by atoms with van der Waals surface area (Å²) in [4.78, 5) is 17.3. The Kier molecular flexibility index (Phi) is 6.32. The summed E-state index contributed by atoms with van der Waals surface area (Å²) in [5.74, 6) is 0.334. The summed E-state index contributed by atoms with van der Waals surface area (Å²) in [6, 6.07) is 23.1. The number of aromatic carboxylic acids is 1. The van der Waals surface area contributed by atoms with Gasteiger partial charge in [-0.3, -0.25) is 0 Å². The molecule has 5 aromatic rings. The maximum atomic E-state index is 12.4. The van der Waals surface area contributed by atoms with Crippen molar-refractivity contribution in [2.45, 2.75) is 19.3 Å². The van der Waals surface area contributed by atoms with Crippen LogP contribution in [0, 0.1) is 0 Å². The molecule has 7 nitrogen and oxygen atoms in total. The maximum absolute atomic E-state index is 12.4. The van der Waals surface area contributed by atoms with E-state index in [1.807, 2.05) is 83.7 Å². The lowest BCUT2D eigenvalue weighted by Crippen LogP contribution is -2.13. The van der Waals surface area contributed by atoms with Crippen molar-refractivity contribution in [3.8, 4) is 28.4 Å². The molecule has 1 N–H and O–H groups in total. The zero-order valence-corrected chi connectivity index (χ0v) is 21.7. The smallest absolute Gasteiger partial charge is 0.336 e. The number of carboxylic acid groups (broad SMARTS) is 1. The third kappa shape index (κ3) is 4.42. The lowest BCUT2D eigenvalue weighted by atomic mass is 9.86. The minimum absolute atomic E-state index is 0.348. The van der Waals surface area contributed by atoms with Crippen molar-refractivity contribution in [1.82, 2.24) is 14.8 Å². The van der Waals surface area contributed by atoms with Crippen molar-refractivity contribution in [2.75, 3.05) is 14.2 Å². The highest BCUT2D eigenvalue weighted by molar-refractivity contribution is 6.06. The standard InChI is InChI=1S/C32H27N3O4/c1-38-27-16-15-21(18-28(27)39-2)30-22(19-35(34-30)23-10-4-3-5-11-23)17-20-9-8-13-25-29(32(36)37)24-12-6-7-14-26(24)33-31(20)25/h3-7,10-12,14-19H,8-9,13H2,1-2H3,(H,36,37)/b20-17-. The van der Waals surface area contributed by atoms with Crippen molar-refractivity contribution in [3.05, 3.63) is 101 Å². The van der Waals surface area contributed by atoms with E-state index in [-0.39, 0.29) is 0 Å². The molecule has 0 fully saturated rings. The average Bonchev–Trinajstić information content (AvgIpc) is 3.40. The van der Waals surface area contributed by atoms with Gasteiger partial charge in [-0.15, -0.1) is 0 Å². The van der Waals surface area contributed by atoms with Crippen LogP contribution in [0.2, 0.25) is 0 Å². The van der Waals surface area contributed by atoms with Crippen LogP contribution in [0.5, 0.6) is 11.5 Å². The fourth-order valence-corrected chi connectivity index (χ4v) is 5.32. The second-order valence-corrected chi connectivity index (χ2v) is 9.44. The number of fused-ring (bicyclic) bond motifs is 2. The van der Waals surface area contributed by atoms with Crippen LogP contribution < -0.4 is 9.47 Å². The van der Waals surface area contributed by atoms with Gasteiger partial charge in [0.05, 0.1) is 36.7 Å². The Labute approximate surface area is 226 Å².